The SMILES string of the molecule is CCOC(=O)c1cn(C[C@H]2O[C@@H](n3ccc(=O)[nH]c3=O)[C@H](SCC)[C@@H]2SCC)nn1. The number of esters is 1. The summed E-state index contributed by atoms with van der Waals surface area (Å²) in [5, 5.41) is 7.99. The predicted molar refractivity (Wildman–Crippen MR) is 115 cm³/mol. The first-order valence-electron chi connectivity index (χ1n) is 9.75. The molecule has 164 valence electrons. The van der Waals surface area contributed by atoms with Crippen molar-refractivity contribution >= 4 is 29.5 Å². The first kappa shape index (κ1) is 22.6. The van der Waals surface area contributed by atoms with Gasteiger partial charge in [0.1, 0.15) is 0 Å². The van der Waals surface area contributed by atoms with Gasteiger partial charge in [-0.25, -0.2) is 14.3 Å². The van der Waals surface area contributed by atoms with Crippen LogP contribution in [0.15, 0.2) is 28.0 Å². The maximum Gasteiger partial charge on any atom is 0.360 e. The topological polar surface area (TPSA) is 121 Å². The zero-order chi connectivity index (χ0) is 21.7. The summed E-state index contributed by atoms with van der Waals surface area (Å²) in [6.07, 6.45) is 2.22. The fourth-order valence-corrected chi connectivity index (χ4v) is 6.00. The molecule has 0 radical (unpaired) electrons. The molecule has 1 fully saturated rings. The van der Waals surface area contributed by atoms with Crippen LogP contribution in [0.2, 0.25) is 0 Å². The monoisotopic (exact) mass is 455 g/mol. The van der Waals surface area contributed by atoms with E-state index in [0.29, 0.717) is 6.54 Å². The molecule has 30 heavy (non-hydrogen) atoms. The molecule has 0 bridgehead atoms. The van der Waals surface area contributed by atoms with Crippen LogP contribution in [0.3, 0.4) is 0 Å². The molecule has 2 aromatic heterocycles. The molecule has 0 saturated carbocycles. The number of thioether (sulfide) groups is 2. The second-order valence-corrected chi connectivity index (χ2v) is 9.38. The van der Waals surface area contributed by atoms with E-state index in [0.717, 1.165) is 11.5 Å². The molecular formula is C18H25N5O5S2. The molecule has 10 nitrogen and oxygen atoms in total. The van der Waals surface area contributed by atoms with E-state index in [2.05, 4.69) is 29.1 Å². The van der Waals surface area contributed by atoms with Crippen LogP contribution in [0.1, 0.15) is 37.5 Å². The highest BCUT2D eigenvalue weighted by Crippen LogP contribution is 2.43. The Kier molecular flexibility index (Phi) is 7.78. The number of nitrogens with one attached hydrogen (secondary N) is 1. The molecular weight excluding hydrogens is 430 g/mol. The van der Waals surface area contributed by atoms with Gasteiger partial charge in [0, 0.05) is 17.5 Å². The molecule has 4 atom stereocenters. The second-order valence-electron chi connectivity index (χ2n) is 6.47. The van der Waals surface area contributed by atoms with Crippen LogP contribution in [0.25, 0.3) is 0 Å². The molecule has 0 aromatic carbocycles. The Balaban J connectivity index is 1.87. The Morgan fingerprint density at radius 1 is 1.23 bits per heavy atom. The van der Waals surface area contributed by atoms with Crippen LogP contribution in [0.5, 0.6) is 0 Å². The average molecular weight is 456 g/mol. The van der Waals surface area contributed by atoms with Gasteiger partial charge in [-0.05, 0) is 18.4 Å². The van der Waals surface area contributed by atoms with Gasteiger partial charge in [0.05, 0.1) is 30.7 Å². The zero-order valence-electron chi connectivity index (χ0n) is 17.0. The van der Waals surface area contributed by atoms with Crippen LogP contribution < -0.4 is 11.2 Å². The van der Waals surface area contributed by atoms with Crippen LogP contribution in [-0.2, 0) is 16.0 Å². The van der Waals surface area contributed by atoms with Gasteiger partial charge in [-0.3, -0.25) is 14.3 Å². The molecule has 1 saturated heterocycles. The summed E-state index contributed by atoms with van der Waals surface area (Å²) in [6, 6.07) is 1.32. The average Bonchev–Trinajstić information content (AvgIpc) is 3.29. The number of H-pyrrole nitrogens is 1. The van der Waals surface area contributed by atoms with Crippen molar-refractivity contribution in [3.63, 3.8) is 0 Å². The maximum absolute atomic E-state index is 12.4. The fraction of sp³-hybridized carbons (Fsp3) is 0.611. The molecule has 1 aliphatic rings. The number of ether oxygens (including phenoxy) is 2. The van der Waals surface area contributed by atoms with Crippen molar-refractivity contribution in [3.8, 4) is 0 Å². The number of carbonyl (C=O) groups is 1. The van der Waals surface area contributed by atoms with E-state index in [1.54, 1.807) is 35.1 Å². The van der Waals surface area contributed by atoms with Gasteiger partial charge in [-0.15, -0.1) is 5.10 Å². The minimum absolute atomic E-state index is 0.00148. The van der Waals surface area contributed by atoms with Gasteiger partial charge in [0.25, 0.3) is 5.56 Å². The number of rotatable bonds is 9. The molecule has 12 heteroatoms. The van der Waals surface area contributed by atoms with Gasteiger partial charge < -0.3 is 9.47 Å². The van der Waals surface area contributed by atoms with E-state index in [4.69, 9.17) is 9.47 Å². The highest BCUT2D eigenvalue weighted by atomic mass is 32.2. The third-order valence-electron chi connectivity index (χ3n) is 4.52. The van der Waals surface area contributed by atoms with Crippen molar-refractivity contribution in [1.29, 1.82) is 0 Å². The minimum atomic E-state index is -0.526. The number of carbonyl (C=O) groups excluding carboxylic acids is 1. The number of hydrogen-bond acceptors (Lipinski definition) is 9. The number of aromatic amines is 1. The lowest BCUT2D eigenvalue weighted by atomic mass is 10.2. The van der Waals surface area contributed by atoms with E-state index in [9.17, 15) is 14.4 Å². The minimum Gasteiger partial charge on any atom is -0.461 e. The molecule has 3 rings (SSSR count). The van der Waals surface area contributed by atoms with Gasteiger partial charge >= 0.3 is 11.7 Å². The Labute approximate surface area is 181 Å². The first-order chi connectivity index (χ1) is 14.5. The molecule has 0 unspecified atom stereocenters. The lowest BCUT2D eigenvalue weighted by Gasteiger charge is -2.23. The van der Waals surface area contributed by atoms with Gasteiger partial charge in [-0.2, -0.15) is 23.5 Å². The summed E-state index contributed by atoms with van der Waals surface area (Å²) in [5.74, 6) is 1.21. The smallest absolute Gasteiger partial charge is 0.360 e. The summed E-state index contributed by atoms with van der Waals surface area (Å²) in [5.41, 5.74) is -0.804. The lowest BCUT2D eigenvalue weighted by molar-refractivity contribution is -0.00720. The summed E-state index contributed by atoms with van der Waals surface area (Å²) in [6.45, 7) is 6.49. The highest BCUT2D eigenvalue weighted by Gasteiger charge is 2.46. The van der Waals surface area contributed by atoms with E-state index in [1.807, 2.05) is 0 Å². The largest absolute Gasteiger partial charge is 0.461 e. The van der Waals surface area contributed by atoms with Crippen molar-refractivity contribution in [3.05, 3.63) is 45.0 Å². The second kappa shape index (κ2) is 10.3. The van der Waals surface area contributed by atoms with Gasteiger partial charge in [0.2, 0.25) is 0 Å². The Morgan fingerprint density at radius 2 is 1.97 bits per heavy atom. The van der Waals surface area contributed by atoms with Crippen molar-refractivity contribution < 1.29 is 14.3 Å². The van der Waals surface area contributed by atoms with Crippen molar-refractivity contribution in [1.82, 2.24) is 24.5 Å². The van der Waals surface area contributed by atoms with Gasteiger partial charge in [-0.1, -0.05) is 19.1 Å². The molecule has 1 N–H and O–H groups in total. The van der Waals surface area contributed by atoms with E-state index in [1.165, 1.54) is 23.0 Å². The Morgan fingerprint density at radius 3 is 2.63 bits per heavy atom. The Bertz CT molecular complexity index is 974. The lowest BCUT2D eigenvalue weighted by Crippen LogP contribution is -2.35. The number of aromatic nitrogens is 5. The van der Waals surface area contributed by atoms with Crippen LogP contribution >= 0.6 is 23.5 Å². The molecule has 0 aliphatic carbocycles. The number of hydrogen-bond donors (Lipinski definition) is 1. The zero-order valence-corrected chi connectivity index (χ0v) is 18.6. The standard InChI is InChI=1S/C18H25N5O5S2/c1-4-27-17(25)11-9-22(21-20-11)10-12-14(29-5-2)15(30-6-3)16(28-12)23-8-7-13(24)19-18(23)26/h7-9,12,14-16H,4-6,10H2,1-3H3,(H,19,24,26)/t12-,14-,15-,16-/m1/s1. The van der Waals surface area contributed by atoms with Crippen molar-refractivity contribution in [2.24, 2.45) is 0 Å². The summed E-state index contributed by atoms with van der Waals surface area (Å²) >= 11 is 3.47. The third-order valence-corrected chi connectivity index (χ3v) is 7.25. The predicted octanol–water partition coefficient (Wildman–Crippen LogP) is 1.15. The first-order valence-corrected chi connectivity index (χ1v) is 11.9. The van der Waals surface area contributed by atoms with Crippen LogP contribution in [0.4, 0.5) is 0 Å². The summed E-state index contributed by atoms with van der Waals surface area (Å²) < 4.78 is 14.3. The van der Waals surface area contributed by atoms with E-state index >= 15 is 0 Å². The van der Waals surface area contributed by atoms with Crippen LogP contribution in [0, 0.1) is 0 Å². The van der Waals surface area contributed by atoms with Crippen molar-refractivity contribution in [2.45, 2.75) is 50.1 Å². The fourth-order valence-electron chi connectivity index (χ4n) is 3.34. The molecule has 0 spiro atoms. The molecule has 2 aromatic rings. The highest BCUT2D eigenvalue weighted by molar-refractivity contribution is 8.03. The number of nitrogens with zero attached hydrogens (tertiary/aromatic N) is 4. The van der Waals surface area contributed by atoms with Gasteiger partial charge in [0.15, 0.2) is 11.9 Å². The van der Waals surface area contributed by atoms with E-state index < -0.39 is 23.4 Å². The third kappa shape index (κ3) is 4.98. The molecule has 3 heterocycles. The summed E-state index contributed by atoms with van der Waals surface area (Å²) in [4.78, 5) is 38.0. The summed E-state index contributed by atoms with van der Waals surface area (Å²) in [7, 11) is 0. The van der Waals surface area contributed by atoms with E-state index in [-0.39, 0.29) is 28.9 Å². The molecule has 1 aliphatic heterocycles. The molecule has 0 amide bonds. The quantitative estimate of drug-likeness (QED) is 0.555. The maximum atomic E-state index is 12.4. The van der Waals surface area contributed by atoms with Crippen molar-refractivity contribution in [2.75, 3.05) is 18.1 Å². The normalized spacial score (nSPS) is 23.6. The van der Waals surface area contributed by atoms with Crippen LogP contribution in [-0.4, -0.2) is 65.2 Å². The Hall–Kier alpha value is -2.05.